The van der Waals surface area contributed by atoms with Gasteiger partial charge in [-0.05, 0) is 12.1 Å². The van der Waals surface area contributed by atoms with Crippen molar-refractivity contribution in [2.45, 2.75) is 0 Å². The first kappa shape index (κ1) is 18.2. The van der Waals surface area contributed by atoms with Gasteiger partial charge >= 0.3 is 0 Å². The second-order valence-corrected chi connectivity index (χ2v) is 5.44. The van der Waals surface area contributed by atoms with Gasteiger partial charge in [-0.2, -0.15) is 5.26 Å². The Balaban J connectivity index is 2.21. The molecule has 7 nitrogen and oxygen atoms in total. The van der Waals surface area contributed by atoms with Crippen molar-refractivity contribution in [1.29, 1.82) is 5.26 Å². The van der Waals surface area contributed by atoms with Crippen molar-refractivity contribution in [3.05, 3.63) is 42.3 Å². The summed E-state index contributed by atoms with van der Waals surface area (Å²) < 4.78 is 30.8. The molecule has 8 heteroatoms. The molecule has 0 radical (unpaired) electrons. The topological polar surface area (TPSA) is 80.5 Å². The molecule has 27 heavy (non-hydrogen) atoms. The van der Waals surface area contributed by atoms with Crippen molar-refractivity contribution in [1.82, 2.24) is 9.97 Å². The van der Waals surface area contributed by atoms with Gasteiger partial charge in [-0.15, -0.1) is 0 Å². The normalized spacial score (nSPS) is 10.3. The van der Waals surface area contributed by atoms with Crippen LogP contribution in [0.5, 0.6) is 17.2 Å². The highest BCUT2D eigenvalue weighted by molar-refractivity contribution is 5.77. The van der Waals surface area contributed by atoms with Crippen LogP contribution in [0.15, 0.2) is 36.5 Å². The molecule has 0 aliphatic heterocycles. The molecule has 0 aliphatic carbocycles. The number of aromatic nitrogens is 2. The lowest BCUT2D eigenvalue weighted by molar-refractivity contribution is 0.313. The molecule has 138 valence electrons. The highest BCUT2D eigenvalue weighted by atomic mass is 19.1. The number of fused-ring (bicyclic) bond motifs is 1. The van der Waals surface area contributed by atoms with Crippen LogP contribution in [0, 0.1) is 17.1 Å². The second kappa shape index (κ2) is 7.74. The zero-order chi connectivity index (χ0) is 19.4. The Bertz CT molecular complexity index is 1020. The van der Waals surface area contributed by atoms with Crippen molar-refractivity contribution < 1.29 is 18.6 Å². The standard InChI is InChI=1S/C19H17FN4O3/c1-25-15-10-14(17(20)19(27-3)18(15)26-2)24(9-8-21)16-11-22-12-6-4-5-7-13(12)23-16/h4-7,10-11H,9H2,1-3H3. The van der Waals surface area contributed by atoms with Gasteiger partial charge in [0.15, 0.2) is 17.4 Å². The molecule has 0 amide bonds. The Morgan fingerprint density at radius 3 is 2.41 bits per heavy atom. The van der Waals surface area contributed by atoms with Crippen LogP contribution in [0.4, 0.5) is 15.9 Å². The summed E-state index contributed by atoms with van der Waals surface area (Å²) in [4.78, 5) is 10.2. The Morgan fingerprint density at radius 1 is 1.07 bits per heavy atom. The van der Waals surface area contributed by atoms with E-state index < -0.39 is 5.82 Å². The fraction of sp³-hybridized carbons (Fsp3) is 0.211. The quantitative estimate of drug-likeness (QED) is 0.616. The van der Waals surface area contributed by atoms with E-state index in [1.54, 1.807) is 6.07 Å². The van der Waals surface area contributed by atoms with E-state index in [1.807, 2.05) is 24.3 Å². The third-order valence-corrected chi connectivity index (χ3v) is 3.98. The van der Waals surface area contributed by atoms with Gasteiger partial charge in [-0.1, -0.05) is 12.1 Å². The molecule has 0 spiro atoms. The van der Waals surface area contributed by atoms with E-state index >= 15 is 4.39 Å². The van der Waals surface area contributed by atoms with E-state index in [0.29, 0.717) is 16.9 Å². The molecular weight excluding hydrogens is 351 g/mol. The highest BCUT2D eigenvalue weighted by Gasteiger charge is 2.25. The van der Waals surface area contributed by atoms with E-state index in [2.05, 4.69) is 9.97 Å². The zero-order valence-electron chi connectivity index (χ0n) is 15.1. The molecule has 0 aliphatic rings. The average molecular weight is 368 g/mol. The van der Waals surface area contributed by atoms with Gasteiger partial charge in [0, 0.05) is 6.07 Å². The van der Waals surface area contributed by atoms with Crippen molar-refractivity contribution in [2.75, 3.05) is 32.8 Å². The predicted molar refractivity (Wildman–Crippen MR) is 98.2 cm³/mol. The van der Waals surface area contributed by atoms with E-state index in [1.165, 1.54) is 38.5 Å². The summed E-state index contributed by atoms with van der Waals surface area (Å²) in [5, 5.41) is 9.27. The lowest BCUT2D eigenvalue weighted by Gasteiger charge is -2.24. The maximum atomic E-state index is 15.1. The number of methoxy groups -OCH3 is 3. The van der Waals surface area contributed by atoms with Gasteiger partial charge in [0.2, 0.25) is 11.5 Å². The number of hydrogen-bond donors (Lipinski definition) is 0. The number of rotatable bonds is 6. The number of halogens is 1. The largest absolute Gasteiger partial charge is 0.493 e. The van der Waals surface area contributed by atoms with Gasteiger partial charge < -0.3 is 19.1 Å². The molecule has 0 saturated heterocycles. The Morgan fingerprint density at radius 2 is 1.78 bits per heavy atom. The number of hydrogen-bond acceptors (Lipinski definition) is 7. The molecule has 0 atom stereocenters. The zero-order valence-corrected chi connectivity index (χ0v) is 15.1. The number of nitrogens with zero attached hydrogens (tertiary/aromatic N) is 4. The first-order valence-electron chi connectivity index (χ1n) is 7.99. The van der Waals surface area contributed by atoms with E-state index in [0.717, 1.165) is 0 Å². The maximum absolute atomic E-state index is 15.1. The van der Waals surface area contributed by atoms with E-state index in [9.17, 15) is 5.26 Å². The number of ether oxygens (including phenoxy) is 3. The van der Waals surface area contributed by atoms with Gasteiger partial charge in [0.1, 0.15) is 6.54 Å². The molecule has 0 N–H and O–H groups in total. The van der Waals surface area contributed by atoms with E-state index in [-0.39, 0.29) is 29.5 Å². The summed E-state index contributed by atoms with van der Waals surface area (Å²) in [6.07, 6.45) is 1.49. The van der Waals surface area contributed by atoms with Gasteiger partial charge in [-0.25, -0.2) is 9.37 Å². The molecule has 3 rings (SSSR count). The predicted octanol–water partition coefficient (Wildman–Crippen LogP) is 3.46. The second-order valence-electron chi connectivity index (χ2n) is 5.44. The van der Waals surface area contributed by atoms with Gasteiger partial charge in [0.25, 0.3) is 0 Å². The minimum atomic E-state index is -0.694. The summed E-state index contributed by atoms with van der Waals surface area (Å²) in [6, 6.07) is 10.8. The summed E-state index contributed by atoms with van der Waals surface area (Å²) in [5.41, 5.74) is 1.39. The van der Waals surface area contributed by atoms with Crippen LogP contribution in [-0.2, 0) is 0 Å². The van der Waals surface area contributed by atoms with Crippen LogP contribution < -0.4 is 19.1 Å². The summed E-state index contributed by atoms with van der Waals surface area (Å²) in [7, 11) is 4.15. The lowest BCUT2D eigenvalue weighted by Crippen LogP contribution is -2.20. The van der Waals surface area contributed by atoms with Crippen molar-refractivity contribution in [3.8, 4) is 23.3 Å². The number of para-hydroxylation sites is 2. The molecule has 0 unspecified atom stereocenters. The minimum absolute atomic E-state index is 0.0654. The molecule has 0 saturated carbocycles. The number of benzene rings is 2. The molecule has 1 aromatic heterocycles. The third kappa shape index (κ3) is 3.27. The molecule has 0 fully saturated rings. The summed E-state index contributed by atoms with van der Waals surface area (Å²) >= 11 is 0. The lowest BCUT2D eigenvalue weighted by atomic mass is 10.2. The first-order valence-corrected chi connectivity index (χ1v) is 7.99. The molecule has 3 aromatic rings. The van der Waals surface area contributed by atoms with Crippen LogP contribution in [0.2, 0.25) is 0 Å². The van der Waals surface area contributed by atoms with Crippen molar-refractivity contribution >= 4 is 22.5 Å². The monoisotopic (exact) mass is 368 g/mol. The molecular formula is C19H17FN4O3. The van der Waals surface area contributed by atoms with Crippen LogP contribution in [0.25, 0.3) is 11.0 Å². The molecule has 1 heterocycles. The molecule has 2 aromatic carbocycles. The Labute approximate surface area is 155 Å². The Hall–Kier alpha value is -3.60. The van der Waals surface area contributed by atoms with Crippen LogP contribution >= 0.6 is 0 Å². The molecule has 0 bridgehead atoms. The van der Waals surface area contributed by atoms with E-state index in [4.69, 9.17) is 14.2 Å². The minimum Gasteiger partial charge on any atom is -0.493 e. The maximum Gasteiger partial charge on any atom is 0.206 e. The average Bonchev–Trinajstić information content (AvgIpc) is 2.71. The SMILES string of the molecule is COc1cc(N(CC#N)c2cnc3ccccc3n2)c(F)c(OC)c1OC. The van der Waals surface area contributed by atoms with Gasteiger partial charge in [0.05, 0.1) is 50.3 Å². The number of anilines is 2. The number of nitriles is 1. The van der Waals surface area contributed by atoms with Crippen molar-refractivity contribution in [2.24, 2.45) is 0 Å². The Kier molecular flexibility index (Phi) is 5.22. The summed E-state index contributed by atoms with van der Waals surface area (Å²) in [5.74, 6) is -0.0995. The van der Waals surface area contributed by atoms with Crippen LogP contribution in [0.1, 0.15) is 0 Å². The first-order chi connectivity index (χ1) is 13.1. The smallest absolute Gasteiger partial charge is 0.206 e. The summed E-state index contributed by atoms with van der Waals surface area (Å²) in [6.45, 7) is -0.150. The fourth-order valence-corrected chi connectivity index (χ4v) is 2.74. The van der Waals surface area contributed by atoms with Crippen LogP contribution in [0.3, 0.4) is 0 Å². The fourth-order valence-electron chi connectivity index (χ4n) is 2.74. The van der Waals surface area contributed by atoms with Gasteiger partial charge in [-0.3, -0.25) is 4.98 Å². The van der Waals surface area contributed by atoms with Crippen molar-refractivity contribution in [3.63, 3.8) is 0 Å². The third-order valence-electron chi connectivity index (χ3n) is 3.98. The van der Waals surface area contributed by atoms with Crippen LogP contribution in [-0.4, -0.2) is 37.8 Å². The highest BCUT2D eigenvalue weighted by Crippen LogP contribution is 2.45.